The molecule has 2 N–H and O–H groups in total. The lowest BCUT2D eigenvalue weighted by atomic mass is 10.1. The van der Waals surface area contributed by atoms with Gasteiger partial charge in [0.15, 0.2) is 5.78 Å². The van der Waals surface area contributed by atoms with Crippen LogP contribution in [0.1, 0.15) is 29.8 Å². The summed E-state index contributed by atoms with van der Waals surface area (Å²) in [5.74, 6) is 1.56. The second-order valence-electron chi connectivity index (χ2n) is 6.15. The van der Waals surface area contributed by atoms with E-state index in [-0.39, 0.29) is 5.78 Å². The summed E-state index contributed by atoms with van der Waals surface area (Å²) in [6.45, 7) is 8.74. The quantitative estimate of drug-likeness (QED) is 0.548. The molecule has 0 saturated carbocycles. The van der Waals surface area contributed by atoms with Crippen molar-refractivity contribution in [2.75, 3.05) is 39.4 Å². The van der Waals surface area contributed by atoms with Gasteiger partial charge in [-0.1, -0.05) is 13.8 Å². The van der Waals surface area contributed by atoms with Crippen LogP contribution in [0.15, 0.2) is 36.4 Å². The maximum absolute atomic E-state index is 12.7. The Morgan fingerprint density at radius 3 is 1.85 bits per heavy atom. The zero-order valence-electron chi connectivity index (χ0n) is 15.4. The van der Waals surface area contributed by atoms with Gasteiger partial charge in [-0.15, -0.1) is 0 Å². The molecule has 0 bridgehead atoms. The van der Waals surface area contributed by atoms with Crippen LogP contribution in [-0.4, -0.2) is 45.2 Å². The van der Waals surface area contributed by atoms with Crippen LogP contribution in [-0.2, 0) is 0 Å². The predicted octanol–water partition coefficient (Wildman–Crippen LogP) is 2.87. The molecule has 1 aliphatic rings. The summed E-state index contributed by atoms with van der Waals surface area (Å²) in [6.07, 6.45) is 0. The van der Waals surface area contributed by atoms with E-state index in [1.165, 1.54) is 0 Å². The van der Waals surface area contributed by atoms with Crippen LogP contribution in [0.5, 0.6) is 11.5 Å². The van der Waals surface area contributed by atoms with Crippen LogP contribution in [0.25, 0.3) is 11.1 Å². The first-order valence-electron chi connectivity index (χ1n) is 9.24. The highest BCUT2D eigenvalue weighted by Crippen LogP contribution is 2.40. The summed E-state index contributed by atoms with van der Waals surface area (Å²) >= 11 is 0. The lowest BCUT2D eigenvalue weighted by Gasteiger charge is -2.09. The van der Waals surface area contributed by atoms with Gasteiger partial charge in [-0.2, -0.15) is 0 Å². The van der Waals surface area contributed by atoms with E-state index < -0.39 is 0 Å². The van der Waals surface area contributed by atoms with Gasteiger partial charge < -0.3 is 20.1 Å². The van der Waals surface area contributed by atoms with E-state index in [0.29, 0.717) is 18.8 Å². The molecule has 2 aromatic carbocycles. The molecule has 0 unspecified atom stereocenters. The molecule has 0 aromatic heterocycles. The highest BCUT2D eigenvalue weighted by atomic mass is 16.5. The standard InChI is InChI=1S/C21H26N2O3/c1-3-22-9-11-25-15-6-8-18-19(13-15)17-7-5-16(14-20(17)21(18)24)26-12-10-23-4-2/h5-8,13-14,22-23H,3-4,9-12H2,1-2H3. The average molecular weight is 354 g/mol. The maximum Gasteiger partial charge on any atom is 0.194 e. The molecule has 0 heterocycles. The third kappa shape index (κ3) is 4.06. The van der Waals surface area contributed by atoms with Gasteiger partial charge in [0, 0.05) is 24.2 Å². The summed E-state index contributed by atoms with van der Waals surface area (Å²) in [5.41, 5.74) is 3.31. The number of hydrogen-bond donors (Lipinski definition) is 2. The van der Waals surface area contributed by atoms with Crippen LogP contribution in [0.3, 0.4) is 0 Å². The van der Waals surface area contributed by atoms with Crippen LogP contribution >= 0.6 is 0 Å². The number of rotatable bonds is 10. The minimum absolute atomic E-state index is 0.0475. The Labute approximate surface area is 154 Å². The van der Waals surface area contributed by atoms with Gasteiger partial charge in [-0.25, -0.2) is 0 Å². The Hall–Kier alpha value is -2.37. The minimum Gasteiger partial charge on any atom is -0.492 e. The van der Waals surface area contributed by atoms with E-state index in [1.54, 1.807) is 0 Å². The van der Waals surface area contributed by atoms with Crippen LogP contribution in [0, 0.1) is 0 Å². The van der Waals surface area contributed by atoms with Crippen molar-refractivity contribution in [3.63, 3.8) is 0 Å². The number of hydrogen-bond acceptors (Lipinski definition) is 5. The average Bonchev–Trinajstić information content (AvgIpc) is 2.94. The smallest absolute Gasteiger partial charge is 0.194 e. The molecule has 5 nitrogen and oxygen atoms in total. The zero-order valence-corrected chi connectivity index (χ0v) is 15.4. The van der Waals surface area contributed by atoms with Gasteiger partial charge in [0.25, 0.3) is 0 Å². The molecule has 0 amide bonds. The molecule has 2 aromatic rings. The summed E-state index contributed by atoms with van der Waals surface area (Å²) in [4.78, 5) is 12.7. The first-order valence-corrected chi connectivity index (χ1v) is 9.24. The fourth-order valence-electron chi connectivity index (χ4n) is 3.05. The molecule has 0 saturated heterocycles. The highest BCUT2D eigenvalue weighted by molar-refractivity contribution is 6.22. The molecule has 0 radical (unpaired) electrons. The number of carbonyl (C=O) groups is 1. The second kappa shape index (κ2) is 8.83. The van der Waals surface area contributed by atoms with E-state index in [1.807, 2.05) is 36.4 Å². The van der Waals surface area contributed by atoms with E-state index in [0.717, 1.165) is 54.4 Å². The van der Waals surface area contributed by atoms with Crippen molar-refractivity contribution in [2.24, 2.45) is 0 Å². The number of nitrogens with one attached hydrogen (secondary N) is 2. The number of fused-ring (bicyclic) bond motifs is 3. The number of likely N-dealkylation sites (N-methyl/N-ethyl adjacent to an activating group) is 2. The molecule has 26 heavy (non-hydrogen) atoms. The SMILES string of the molecule is CCNCCOc1ccc2c(c1)C(=O)c1ccc(OCCNCC)cc1-2. The first kappa shape index (κ1) is 18.4. The van der Waals surface area contributed by atoms with E-state index in [2.05, 4.69) is 24.5 Å². The van der Waals surface area contributed by atoms with Gasteiger partial charge in [0.1, 0.15) is 24.7 Å². The largest absolute Gasteiger partial charge is 0.492 e. The fourth-order valence-corrected chi connectivity index (χ4v) is 3.05. The lowest BCUT2D eigenvalue weighted by molar-refractivity contribution is 0.104. The summed E-state index contributed by atoms with van der Waals surface area (Å²) in [6, 6.07) is 11.4. The van der Waals surface area contributed by atoms with Gasteiger partial charge >= 0.3 is 0 Å². The molecular formula is C21H26N2O3. The Kier molecular flexibility index (Phi) is 6.26. The number of carbonyl (C=O) groups excluding carboxylic acids is 1. The molecule has 0 spiro atoms. The Morgan fingerprint density at radius 2 is 1.27 bits per heavy atom. The van der Waals surface area contributed by atoms with Crippen molar-refractivity contribution in [2.45, 2.75) is 13.8 Å². The zero-order chi connectivity index (χ0) is 18.4. The lowest BCUT2D eigenvalue weighted by Crippen LogP contribution is -2.20. The van der Waals surface area contributed by atoms with E-state index in [4.69, 9.17) is 9.47 Å². The van der Waals surface area contributed by atoms with E-state index >= 15 is 0 Å². The van der Waals surface area contributed by atoms with E-state index in [9.17, 15) is 4.79 Å². The van der Waals surface area contributed by atoms with Crippen molar-refractivity contribution in [3.8, 4) is 22.6 Å². The second-order valence-corrected chi connectivity index (χ2v) is 6.15. The Bertz CT molecular complexity index is 774. The summed E-state index contributed by atoms with van der Waals surface area (Å²) < 4.78 is 11.5. The molecule has 5 heteroatoms. The van der Waals surface area contributed by atoms with Crippen molar-refractivity contribution in [1.82, 2.24) is 10.6 Å². The molecule has 3 rings (SSSR count). The monoisotopic (exact) mass is 354 g/mol. The minimum atomic E-state index is 0.0475. The third-order valence-electron chi connectivity index (χ3n) is 4.36. The fraction of sp³-hybridized carbons (Fsp3) is 0.381. The van der Waals surface area contributed by atoms with Gasteiger partial charge in [-0.05, 0) is 60.6 Å². The summed E-state index contributed by atoms with van der Waals surface area (Å²) in [5, 5.41) is 6.44. The predicted molar refractivity (Wildman–Crippen MR) is 103 cm³/mol. The maximum atomic E-state index is 12.7. The van der Waals surface area contributed by atoms with Crippen molar-refractivity contribution in [3.05, 3.63) is 47.5 Å². The molecule has 1 aliphatic carbocycles. The van der Waals surface area contributed by atoms with Gasteiger partial charge in [-0.3, -0.25) is 4.79 Å². The van der Waals surface area contributed by atoms with Crippen molar-refractivity contribution >= 4 is 5.78 Å². The summed E-state index contributed by atoms with van der Waals surface area (Å²) in [7, 11) is 0. The van der Waals surface area contributed by atoms with Crippen molar-refractivity contribution in [1.29, 1.82) is 0 Å². The van der Waals surface area contributed by atoms with Crippen LogP contribution < -0.4 is 20.1 Å². The Morgan fingerprint density at radius 1 is 0.731 bits per heavy atom. The first-order chi connectivity index (χ1) is 12.7. The van der Waals surface area contributed by atoms with Gasteiger partial charge in [0.05, 0.1) is 0 Å². The molecule has 0 fully saturated rings. The molecule has 138 valence electrons. The number of ketones is 1. The third-order valence-corrected chi connectivity index (χ3v) is 4.36. The van der Waals surface area contributed by atoms with Crippen LogP contribution in [0.2, 0.25) is 0 Å². The molecule has 0 atom stereocenters. The normalized spacial score (nSPS) is 12.0. The Balaban J connectivity index is 1.73. The molecular weight excluding hydrogens is 328 g/mol. The van der Waals surface area contributed by atoms with Crippen molar-refractivity contribution < 1.29 is 14.3 Å². The molecule has 0 aliphatic heterocycles. The van der Waals surface area contributed by atoms with Gasteiger partial charge in [0.2, 0.25) is 0 Å². The highest BCUT2D eigenvalue weighted by Gasteiger charge is 2.27. The number of benzene rings is 2. The topological polar surface area (TPSA) is 59.6 Å². The van der Waals surface area contributed by atoms with Crippen LogP contribution in [0.4, 0.5) is 0 Å². The number of ether oxygens (including phenoxy) is 2.